The third-order valence-corrected chi connectivity index (χ3v) is 2.53. The molecular formula is C12H23N3. The molecule has 0 radical (unpaired) electrons. The van der Waals surface area contributed by atoms with E-state index in [0.29, 0.717) is 6.04 Å². The Morgan fingerprint density at radius 3 is 2.73 bits per heavy atom. The van der Waals surface area contributed by atoms with Crippen LogP contribution in [0.4, 0.5) is 0 Å². The lowest BCUT2D eigenvalue weighted by Crippen LogP contribution is -2.23. The van der Waals surface area contributed by atoms with Crippen LogP contribution in [0.2, 0.25) is 0 Å². The molecule has 0 aliphatic carbocycles. The summed E-state index contributed by atoms with van der Waals surface area (Å²) in [6.07, 6.45) is 5.63. The Morgan fingerprint density at radius 1 is 1.33 bits per heavy atom. The van der Waals surface area contributed by atoms with Crippen molar-refractivity contribution in [3.05, 3.63) is 18.0 Å². The summed E-state index contributed by atoms with van der Waals surface area (Å²) in [6, 6.07) is 2.67. The molecule has 0 atom stereocenters. The molecule has 0 saturated heterocycles. The minimum Gasteiger partial charge on any atom is -0.315 e. The van der Waals surface area contributed by atoms with Crippen LogP contribution in [0.25, 0.3) is 0 Å². The smallest absolute Gasteiger partial charge is 0.0492 e. The maximum absolute atomic E-state index is 4.26. The Bertz CT molecular complexity index is 266. The van der Waals surface area contributed by atoms with Crippen LogP contribution in [0.1, 0.15) is 38.8 Å². The molecule has 0 bridgehead atoms. The van der Waals surface area contributed by atoms with Crippen LogP contribution in [0, 0.1) is 6.92 Å². The maximum atomic E-state index is 4.26. The average Bonchev–Trinajstić information content (AvgIpc) is 2.57. The first-order chi connectivity index (χ1) is 7.20. The second kappa shape index (κ2) is 6.62. The van der Waals surface area contributed by atoms with E-state index in [9.17, 15) is 0 Å². The summed E-state index contributed by atoms with van der Waals surface area (Å²) < 4.78 is 2.08. The number of hydrogen-bond acceptors (Lipinski definition) is 2. The monoisotopic (exact) mass is 209 g/mol. The minimum absolute atomic E-state index is 0.610. The fourth-order valence-corrected chi connectivity index (χ4v) is 1.59. The molecule has 0 spiro atoms. The van der Waals surface area contributed by atoms with Gasteiger partial charge in [0.2, 0.25) is 0 Å². The molecule has 0 fully saturated rings. The van der Waals surface area contributed by atoms with E-state index in [1.807, 2.05) is 6.20 Å². The van der Waals surface area contributed by atoms with Gasteiger partial charge in [-0.25, -0.2) is 0 Å². The fourth-order valence-electron chi connectivity index (χ4n) is 1.59. The van der Waals surface area contributed by atoms with Crippen molar-refractivity contribution in [1.29, 1.82) is 0 Å². The van der Waals surface area contributed by atoms with E-state index in [4.69, 9.17) is 0 Å². The Kier molecular flexibility index (Phi) is 5.40. The van der Waals surface area contributed by atoms with E-state index < -0.39 is 0 Å². The second-order valence-electron chi connectivity index (χ2n) is 4.37. The molecule has 0 saturated carbocycles. The van der Waals surface area contributed by atoms with Crippen molar-refractivity contribution in [3.63, 3.8) is 0 Å². The number of rotatable bonds is 7. The van der Waals surface area contributed by atoms with Crippen molar-refractivity contribution in [2.24, 2.45) is 0 Å². The predicted octanol–water partition coefficient (Wildman–Crippen LogP) is 2.36. The normalized spacial score (nSPS) is 11.2. The number of nitrogens with one attached hydrogen (secondary N) is 1. The highest BCUT2D eigenvalue weighted by atomic mass is 15.3. The van der Waals surface area contributed by atoms with Crippen LogP contribution in [0.3, 0.4) is 0 Å². The van der Waals surface area contributed by atoms with E-state index in [0.717, 1.165) is 13.1 Å². The molecule has 1 N–H and O–H groups in total. The van der Waals surface area contributed by atoms with Crippen molar-refractivity contribution < 1.29 is 0 Å². The van der Waals surface area contributed by atoms with Crippen LogP contribution < -0.4 is 5.32 Å². The van der Waals surface area contributed by atoms with Gasteiger partial charge >= 0.3 is 0 Å². The molecule has 3 heteroatoms. The molecular weight excluding hydrogens is 186 g/mol. The summed E-state index contributed by atoms with van der Waals surface area (Å²) in [5, 5.41) is 7.69. The molecule has 0 unspecified atom stereocenters. The third-order valence-electron chi connectivity index (χ3n) is 2.53. The van der Waals surface area contributed by atoms with Gasteiger partial charge in [0.25, 0.3) is 0 Å². The van der Waals surface area contributed by atoms with E-state index in [1.54, 1.807) is 0 Å². The highest BCUT2D eigenvalue weighted by Gasteiger charge is 1.96. The van der Waals surface area contributed by atoms with Gasteiger partial charge in [-0.1, -0.05) is 20.3 Å². The van der Waals surface area contributed by atoms with Crippen LogP contribution in [-0.2, 0) is 6.54 Å². The first-order valence-corrected chi connectivity index (χ1v) is 5.92. The zero-order chi connectivity index (χ0) is 11.1. The number of hydrogen-bond donors (Lipinski definition) is 1. The van der Waals surface area contributed by atoms with Gasteiger partial charge in [0, 0.05) is 24.5 Å². The van der Waals surface area contributed by atoms with E-state index in [-0.39, 0.29) is 0 Å². The number of nitrogens with zero attached hydrogens (tertiary/aromatic N) is 2. The van der Waals surface area contributed by atoms with Gasteiger partial charge in [0.1, 0.15) is 0 Å². The lowest BCUT2D eigenvalue weighted by Gasteiger charge is -2.08. The van der Waals surface area contributed by atoms with Gasteiger partial charge in [-0.3, -0.25) is 4.68 Å². The Labute approximate surface area is 92.9 Å². The van der Waals surface area contributed by atoms with Gasteiger partial charge in [0.05, 0.1) is 0 Å². The number of aryl methyl sites for hydroxylation is 2. The van der Waals surface area contributed by atoms with Gasteiger partial charge < -0.3 is 5.32 Å². The highest BCUT2D eigenvalue weighted by molar-refractivity contribution is 4.96. The average molecular weight is 209 g/mol. The van der Waals surface area contributed by atoms with Gasteiger partial charge in [-0.15, -0.1) is 0 Å². The summed E-state index contributed by atoms with van der Waals surface area (Å²) in [5.41, 5.74) is 1.26. The predicted molar refractivity (Wildman–Crippen MR) is 64.0 cm³/mol. The lowest BCUT2D eigenvalue weighted by atomic mass is 10.2. The molecule has 1 aromatic rings. The van der Waals surface area contributed by atoms with Gasteiger partial charge in [-0.2, -0.15) is 5.10 Å². The van der Waals surface area contributed by atoms with Crippen molar-refractivity contribution in [3.8, 4) is 0 Å². The molecule has 0 aliphatic rings. The molecule has 1 aromatic heterocycles. The quantitative estimate of drug-likeness (QED) is 0.699. The van der Waals surface area contributed by atoms with Crippen LogP contribution >= 0.6 is 0 Å². The van der Waals surface area contributed by atoms with E-state index in [2.05, 4.69) is 41.9 Å². The van der Waals surface area contributed by atoms with E-state index >= 15 is 0 Å². The van der Waals surface area contributed by atoms with Gasteiger partial charge in [0.15, 0.2) is 0 Å². The van der Waals surface area contributed by atoms with Crippen LogP contribution in [-0.4, -0.2) is 22.4 Å². The summed E-state index contributed by atoms with van der Waals surface area (Å²) in [4.78, 5) is 0. The Morgan fingerprint density at radius 2 is 2.13 bits per heavy atom. The van der Waals surface area contributed by atoms with E-state index in [1.165, 1.54) is 25.0 Å². The fraction of sp³-hybridized carbons (Fsp3) is 0.750. The number of unbranched alkanes of at least 4 members (excludes halogenated alkanes) is 2. The topological polar surface area (TPSA) is 29.9 Å². The SMILES string of the molecule is Cc1ccnn1CCCCCNC(C)C. The van der Waals surface area contributed by atoms with Crippen LogP contribution in [0.15, 0.2) is 12.3 Å². The Balaban J connectivity index is 2.00. The molecule has 1 heterocycles. The maximum Gasteiger partial charge on any atom is 0.0492 e. The summed E-state index contributed by atoms with van der Waals surface area (Å²) >= 11 is 0. The van der Waals surface area contributed by atoms with Crippen LogP contribution in [0.5, 0.6) is 0 Å². The molecule has 0 aromatic carbocycles. The summed E-state index contributed by atoms with van der Waals surface area (Å²) in [5.74, 6) is 0. The first kappa shape index (κ1) is 12.2. The standard InChI is InChI=1S/C12H23N3/c1-11(2)13-8-5-4-6-10-15-12(3)7-9-14-15/h7,9,11,13H,4-6,8,10H2,1-3H3. The molecule has 3 nitrogen and oxygen atoms in total. The summed E-state index contributed by atoms with van der Waals surface area (Å²) in [7, 11) is 0. The molecule has 0 aliphatic heterocycles. The third kappa shape index (κ3) is 4.98. The van der Waals surface area contributed by atoms with Crippen molar-refractivity contribution in [2.75, 3.05) is 6.54 Å². The molecule has 86 valence electrons. The first-order valence-electron chi connectivity index (χ1n) is 5.92. The molecule has 1 rings (SSSR count). The number of aromatic nitrogens is 2. The lowest BCUT2D eigenvalue weighted by molar-refractivity contribution is 0.506. The van der Waals surface area contributed by atoms with Crippen molar-refractivity contribution in [1.82, 2.24) is 15.1 Å². The zero-order valence-electron chi connectivity index (χ0n) is 10.2. The molecule has 0 amide bonds. The largest absolute Gasteiger partial charge is 0.315 e. The Hall–Kier alpha value is -0.830. The highest BCUT2D eigenvalue weighted by Crippen LogP contribution is 2.01. The second-order valence-corrected chi connectivity index (χ2v) is 4.37. The molecule has 15 heavy (non-hydrogen) atoms. The van der Waals surface area contributed by atoms with Crippen molar-refractivity contribution >= 4 is 0 Å². The summed E-state index contributed by atoms with van der Waals surface area (Å²) in [6.45, 7) is 8.67. The zero-order valence-corrected chi connectivity index (χ0v) is 10.2. The minimum atomic E-state index is 0.610. The van der Waals surface area contributed by atoms with Crippen molar-refractivity contribution in [2.45, 2.75) is 52.6 Å². The van der Waals surface area contributed by atoms with Gasteiger partial charge in [-0.05, 0) is 32.4 Å².